The molecule has 0 aliphatic rings. The molecule has 0 amide bonds. The van der Waals surface area contributed by atoms with Crippen molar-refractivity contribution in [1.29, 1.82) is 0 Å². The van der Waals surface area contributed by atoms with E-state index in [9.17, 15) is 0 Å². The van der Waals surface area contributed by atoms with Crippen molar-refractivity contribution in [2.45, 2.75) is 267 Å². The van der Waals surface area contributed by atoms with Crippen LogP contribution in [0.5, 0.6) is 69.0 Å². The first-order valence-corrected chi connectivity index (χ1v) is 45.0. The minimum atomic E-state index is -0.322. The summed E-state index contributed by atoms with van der Waals surface area (Å²) in [5.41, 5.74) is 18.8. The zero-order valence-corrected chi connectivity index (χ0v) is 92.5. The van der Waals surface area contributed by atoms with Crippen LogP contribution in [0, 0.1) is 99.6 Å². The fourth-order valence-electron chi connectivity index (χ4n) is 13.5. The van der Waals surface area contributed by atoms with Gasteiger partial charge in [0.2, 0.25) is 0 Å². The molecule has 12 aromatic rings. The van der Waals surface area contributed by atoms with Gasteiger partial charge in [0.25, 0.3) is 0 Å². The van der Waals surface area contributed by atoms with Crippen LogP contribution in [0.25, 0.3) is 56.3 Å². The topological polar surface area (TPSA) is 157 Å². The van der Waals surface area contributed by atoms with Crippen LogP contribution >= 0.6 is 0 Å². The van der Waals surface area contributed by atoms with Crippen molar-refractivity contribution in [3.05, 3.63) is 269 Å². The molecule has 0 saturated carbocycles. The van der Waals surface area contributed by atoms with Crippen molar-refractivity contribution in [3.63, 3.8) is 0 Å². The van der Waals surface area contributed by atoms with Crippen molar-refractivity contribution in [2.24, 2.45) is 0 Å². The maximum Gasteiger partial charge on any atom is 0.114 e. The molecule has 131 heavy (non-hydrogen) atoms. The summed E-state index contributed by atoms with van der Waals surface area (Å²) in [6.07, 6.45) is 24.4. The molecule has 0 radical (unpaired) electrons. The third-order valence-corrected chi connectivity index (χ3v) is 19.8. The molecule has 0 N–H and O–H groups in total. The van der Waals surface area contributed by atoms with Crippen molar-refractivity contribution < 1.29 is 153 Å². The number of ether oxygens (including phenoxy) is 10. The van der Waals surface area contributed by atoms with Crippen LogP contribution in [0.1, 0.15) is 230 Å². The number of pyridine rings is 5. The molecule has 5 heterocycles. The second kappa shape index (κ2) is 60.2. The number of aryl methyl sites for hydroxylation is 5. The summed E-state index contributed by atoms with van der Waals surface area (Å²) in [5.74, 6) is 9.46. The Labute approximate surface area is 856 Å². The van der Waals surface area contributed by atoms with Crippen LogP contribution < -0.4 is 47.4 Å². The summed E-state index contributed by atoms with van der Waals surface area (Å²) in [7, 11) is 0. The van der Waals surface area contributed by atoms with E-state index in [1.165, 1.54) is 69.8 Å². The number of rotatable bonds is 35. The van der Waals surface area contributed by atoms with Crippen molar-refractivity contribution in [1.82, 2.24) is 24.9 Å². The Bertz CT molecular complexity index is 5350. The molecular formula is C111H136N5O10Pt5-5. The minimum absolute atomic E-state index is 0. The molecule has 0 spiro atoms. The third-order valence-electron chi connectivity index (χ3n) is 19.8. The van der Waals surface area contributed by atoms with E-state index in [4.69, 9.17) is 47.4 Å². The summed E-state index contributed by atoms with van der Waals surface area (Å²) in [6, 6.07) is 65.6. The van der Waals surface area contributed by atoms with Crippen molar-refractivity contribution >= 4 is 0 Å². The maximum atomic E-state index is 6.33. The Morgan fingerprint density at radius 2 is 0.595 bits per heavy atom. The monoisotopic (exact) mass is 2670 g/mol. The molecule has 12 rings (SSSR count). The fraction of sp³-hybridized carbons (Fsp3) is 0.396. The summed E-state index contributed by atoms with van der Waals surface area (Å²) in [6.45, 7) is 51.8. The van der Waals surface area contributed by atoms with E-state index < -0.39 is 0 Å². The number of nitrogens with zero attached hydrogens (tertiary/aromatic N) is 5. The Hall–Kier alpha value is -8.27. The molecule has 0 atom stereocenters. The molecule has 15 nitrogen and oxygen atoms in total. The number of unbranched alkanes of at least 4 members (excludes halogenated alkanes) is 10. The van der Waals surface area contributed by atoms with E-state index in [1.807, 2.05) is 289 Å². The Morgan fingerprint density at radius 1 is 0.290 bits per heavy atom. The summed E-state index contributed by atoms with van der Waals surface area (Å²) in [4.78, 5) is 22.5. The molecule has 0 aliphatic carbocycles. The van der Waals surface area contributed by atoms with Gasteiger partial charge in [0.1, 0.15) is 11.5 Å². The van der Waals surface area contributed by atoms with Crippen LogP contribution in [-0.2, 0) is 105 Å². The molecule has 720 valence electrons. The van der Waals surface area contributed by atoms with Gasteiger partial charge in [-0.2, -0.15) is 0 Å². The molecule has 7 aromatic carbocycles. The predicted octanol–water partition coefficient (Wildman–Crippen LogP) is 29.6. The molecule has 0 aliphatic heterocycles. The van der Waals surface area contributed by atoms with Crippen LogP contribution in [0.2, 0.25) is 0 Å². The van der Waals surface area contributed by atoms with E-state index in [1.54, 1.807) is 12.4 Å². The Balaban J connectivity index is 0.000000422. The van der Waals surface area contributed by atoms with Crippen molar-refractivity contribution in [2.75, 3.05) is 26.4 Å². The normalized spacial score (nSPS) is 10.6. The third kappa shape index (κ3) is 38.6. The van der Waals surface area contributed by atoms with E-state index >= 15 is 0 Å². The zero-order valence-electron chi connectivity index (χ0n) is 81.2. The quantitative estimate of drug-likeness (QED) is 0.0273. The van der Waals surface area contributed by atoms with Gasteiger partial charge in [0.15, 0.2) is 0 Å². The van der Waals surface area contributed by atoms with Gasteiger partial charge < -0.3 is 72.3 Å². The largest absolute Gasteiger partial charge is 0.537 e. The zero-order chi connectivity index (χ0) is 91.3. The second-order valence-corrected chi connectivity index (χ2v) is 34.2. The van der Waals surface area contributed by atoms with Gasteiger partial charge in [0.05, 0.1) is 61.3 Å². The summed E-state index contributed by atoms with van der Waals surface area (Å²) < 4.78 is 60.4. The predicted molar refractivity (Wildman–Crippen MR) is 515 cm³/mol. The van der Waals surface area contributed by atoms with Gasteiger partial charge in [-0.15, -0.1) is 60.7 Å². The number of aromatic nitrogens is 5. The van der Waals surface area contributed by atoms with Crippen molar-refractivity contribution in [3.8, 4) is 125 Å². The SMILES string of the molecule is CCCCCCCCOc1c[c-]c(-c2cc(C)ccn2)c(OCCCCCCCC)c1C.CCOc1c[c-]c(-c2cc(C)ccn2)c(OCC)c1C.Cc1ccnc(-c2[c-]cc(OC(C)(C)C)c(C)c2OC(C)(C)C)c1.Cc1ccnc(-c2[c-]cc(OC(C)C)c(C)c2OC(C)C)c1.Cc1ccnc(-c2[c-]cc(Oc3ccccc3)c(C)c2Oc2ccccc2)c1.[Pt].[Pt].[Pt].[Pt].[Pt]. The van der Waals surface area contributed by atoms with Gasteiger partial charge in [-0.05, 0) is 219 Å². The first-order valence-electron chi connectivity index (χ1n) is 45.0. The van der Waals surface area contributed by atoms with E-state index in [0.29, 0.717) is 24.7 Å². The average Bonchev–Trinajstić information content (AvgIpc) is 0.807. The number of benzene rings is 7. The van der Waals surface area contributed by atoms with Gasteiger partial charge in [-0.3, -0.25) is 0 Å². The average molecular weight is 2680 g/mol. The minimum Gasteiger partial charge on any atom is -0.537 e. The first kappa shape index (κ1) is 117. The smallest absolute Gasteiger partial charge is 0.114 e. The number of hydrogen-bond acceptors (Lipinski definition) is 15. The Morgan fingerprint density at radius 3 is 0.977 bits per heavy atom. The Kier molecular flexibility index (Phi) is 53.7. The molecule has 0 fully saturated rings. The van der Waals surface area contributed by atoms with E-state index in [2.05, 4.69) is 103 Å². The van der Waals surface area contributed by atoms with Crippen LogP contribution in [0.3, 0.4) is 0 Å². The fourth-order valence-corrected chi connectivity index (χ4v) is 13.5. The summed E-state index contributed by atoms with van der Waals surface area (Å²) in [5, 5.41) is 0. The standard InChI is InChI=1S/C29H44NO2.C25H20NO2.C21H28NO2.C19H24NO2.C17H20NO2.5Pt/c1-5-7-9-11-13-15-21-31-28-18-17-26(27-23-24(3)19-20-30-27)29(25(28)4)32-22-16-14-12-10-8-6-2;1-18-15-16-26-23(17-18)22-13-14-24(27-20-9-5-3-6-10-20)19(2)25(22)28-21-11-7-4-8-12-21;1-14-11-12-22-17(13-14)16-9-10-18(23-20(3,4)5)15(2)19(16)24-21(6,7)8;1-12(2)21-18-8-7-16(17-11-14(5)9-10-20-17)19(15(18)6)22-13(3)4;1-5-19-16-8-7-14(17(13(16)4)20-6-2)15-11-12(3)9-10-18-15;;;;;/h18-20,23H,5-16,21-22H2,1-4H3;3-12,14-17H,1-2H3;10-13H,1-8H3;8-13H,1-6H3;8-11H,5-6H2,1-4H3;;;;;/q5*-1;;;;;. The summed E-state index contributed by atoms with van der Waals surface area (Å²) >= 11 is 0. The molecule has 5 aromatic heterocycles. The molecule has 0 bridgehead atoms. The first-order chi connectivity index (χ1) is 60.4. The van der Waals surface area contributed by atoms with E-state index in [0.717, 1.165) is 190 Å². The van der Waals surface area contributed by atoms with E-state index in [-0.39, 0.29) is 129 Å². The van der Waals surface area contributed by atoms with Crippen LogP contribution in [0.4, 0.5) is 0 Å². The van der Waals surface area contributed by atoms with Crippen LogP contribution in [-0.4, -0.2) is 74.8 Å². The van der Waals surface area contributed by atoms with Gasteiger partial charge in [-0.25, -0.2) is 0 Å². The molecule has 0 saturated heterocycles. The molecule has 20 heteroatoms. The van der Waals surface area contributed by atoms with Gasteiger partial charge in [0, 0.05) is 182 Å². The van der Waals surface area contributed by atoms with Crippen LogP contribution in [0.15, 0.2) is 183 Å². The van der Waals surface area contributed by atoms with Gasteiger partial charge >= 0.3 is 0 Å². The molecule has 0 unspecified atom stereocenters. The number of para-hydroxylation sites is 2. The second-order valence-electron chi connectivity index (χ2n) is 34.2. The number of hydrogen-bond donors (Lipinski definition) is 0. The van der Waals surface area contributed by atoms with Gasteiger partial charge in [-0.1, -0.05) is 257 Å². The molecular weight excluding hydrogens is 2540 g/mol. The maximum absolute atomic E-state index is 6.33.